The van der Waals surface area contributed by atoms with E-state index in [4.69, 9.17) is 0 Å². The predicted molar refractivity (Wildman–Crippen MR) is 84.5 cm³/mol. The van der Waals surface area contributed by atoms with Crippen molar-refractivity contribution >= 4 is 33.6 Å². The predicted octanol–water partition coefficient (Wildman–Crippen LogP) is 4.33. The van der Waals surface area contributed by atoms with Crippen LogP contribution in [0.5, 0.6) is 0 Å². The number of rotatable bonds is 3. The van der Waals surface area contributed by atoms with Crippen molar-refractivity contribution in [2.75, 3.05) is 5.75 Å². The molecule has 0 bridgehead atoms. The van der Waals surface area contributed by atoms with Gasteiger partial charge in [0, 0.05) is 21.5 Å². The van der Waals surface area contributed by atoms with Gasteiger partial charge >= 0.3 is 0 Å². The maximum Gasteiger partial charge on any atom is 0.233 e. The molecule has 1 aromatic carbocycles. The molecule has 1 saturated heterocycles. The van der Waals surface area contributed by atoms with Crippen molar-refractivity contribution in [3.8, 4) is 0 Å². The molecular weight excluding hydrogens is 322 g/mol. The lowest BCUT2D eigenvalue weighted by Crippen LogP contribution is -2.48. The van der Waals surface area contributed by atoms with Gasteiger partial charge in [0.15, 0.2) is 0 Å². The molecule has 0 spiro atoms. The Bertz CT molecular complexity index is 424. The van der Waals surface area contributed by atoms with Crippen LogP contribution >= 0.6 is 27.7 Å². The van der Waals surface area contributed by atoms with Crippen LogP contribution in [-0.4, -0.2) is 28.6 Å². The lowest BCUT2D eigenvalue weighted by atomic mass is 9.98. The van der Waals surface area contributed by atoms with Crippen LogP contribution in [0.3, 0.4) is 0 Å². The second-order valence-electron chi connectivity index (χ2n) is 5.17. The van der Waals surface area contributed by atoms with E-state index < -0.39 is 0 Å². The average molecular weight is 342 g/mol. The monoisotopic (exact) mass is 341 g/mol. The summed E-state index contributed by atoms with van der Waals surface area (Å²) in [6.07, 6.45) is 3.52. The highest BCUT2D eigenvalue weighted by Gasteiger charge is 2.28. The minimum absolute atomic E-state index is 0.271. The largest absolute Gasteiger partial charge is 0.337 e. The number of hydrogen-bond acceptors (Lipinski definition) is 2. The quantitative estimate of drug-likeness (QED) is 0.762. The normalized spacial score (nSPS) is 23.4. The molecule has 2 nitrogen and oxygen atoms in total. The molecule has 0 aromatic heterocycles. The lowest BCUT2D eigenvalue weighted by molar-refractivity contribution is -0.134. The molecule has 0 saturated carbocycles. The Kier molecular flexibility index (Phi) is 5.34. The van der Waals surface area contributed by atoms with Crippen LogP contribution in [0.4, 0.5) is 0 Å². The van der Waals surface area contributed by atoms with Crippen LogP contribution in [0.15, 0.2) is 33.6 Å². The van der Waals surface area contributed by atoms with Gasteiger partial charge in [-0.1, -0.05) is 15.9 Å². The van der Waals surface area contributed by atoms with E-state index in [1.807, 2.05) is 24.3 Å². The summed E-state index contributed by atoms with van der Waals surface area (Å²) in [5, 5.41) is 0. The Hall–Kier alpha value is -0.480. The van der Waals surface area contributed by atoms with Crippen molar-refractivity contribution < 1.29 is 4.79 Å². The SMILES string of the molecule is C[C@@H]1CCC[C@@H](C)N1C(=O)CSc1ccc(Br)cc1. The smallest absolute Gasteiger partial charge is 0.233 e. The fraction of sp³-hybridized carbons (Fsp3) is 0.533. The minimum Gasteiger partial charge on any atom is -0.337 e. The number of thioether (sulfide) groups is 1. The van der Waals surface area contributed by atoms with Gasteiger partial charge in [0.2, 0.25) is 5.91 Å². The molecular formula is C15H20BrNOS. The van der Waals surface area contributed by atoms with E-state index in [0.717, 1.165) is 22.2 Å². The number of nitrogens with zero attached hydrogens (tertiary/aromatic N) is 1. The number of carbonyl (C=O) groups is 1. The maximum atomic E-state index is 12.4. The van der Waals surface area contributed by atoms with Gasteiger partial charge in [-0.2, -0.15) is 0 Å². The Balaban J connectivity index is 1.91. The van der Waals surface area contributed by atoms with E-state index in [9.17, 15) is 4.79 Å². The Morgan fingerprint density at radius 3 is 2.42 bits per heavy atom. The number of hydrogen-bond donors (Lipinski definition) is 0. The van der Waals surface area contributed by atoms with Crippen LogP contribution < -0.4 is 0 Å². The maximum absolute atomic E-state index is 12.4. The first kappa shape index (κ1) is 14.9. The summed E-state index contributed by atoms with van der Waals surface area (Å²) in [6, 6.07) is 8.90. The second-order valence-corrected chi connectivity index (χ2v) is 7.14. The highest BCUT2D eigenvalue weighted by atomic mass is 79.9. The summed E-state index contributed by atoms with van der Waals surface area (Å²) in [4.78, 5) is 15.6. The van der Waals surface area contributed by atoms with Gasteiger partial charge in [-0.05, 0) is 57.4 Å². The van der Waals surface area contributed by atoms with E-state index in [1.165, 1.54) is 6.42 Å². The third-order valence-electron chi connectivity index (χ3n) is 3.66. The van der Waals surface area contributed by atoms with E-state index in [1.54, 1.807) is 11.8 Å². The molecule has 1 aliphatic heterocycles. The van der Waals surface area contributed by atoms with E-state index in [-0.39, 0.29) is 5.91 Å². The Labute approximate surface area is 128 Å². The van der Waals surface area contributed by atoms with Gasteiger partial charge in [0.1, 0.15) is 0 Å². The first-order valence-electron chi connectivity index (χ1n) is 6.77. The van der Waals surface area contributed by atoms with Gasteiger partial charge in [-0.3, -0.25) is 4.79 Å². The zero-order chi connectivity index (χ0) is 13.8. The van der Waals surface area contributed by atoms with Crippen LogP contribution in [0.25, 0.3) is 0 Å². The summed E-state index contributed by atoms with van der Waals surface area (Å²) in [5.41, 5.74) is 0. The molecule has 2 rings (SSSR count). The van der Waals surface area contributed by atoms with Crippen LogP contribution in [-0.2, 0) is 4.79 Å². The van der Waals surface area contributed by atoms with Gasteiger partial charge in [-0.15, -0.1) is 11.8 Å². The zero-order valence-corrected chi connectivity index (χ0v) is 13.8. The second kappa shape index (κ2) is 6.80. The molecule has 0 N–H and O–H groups in total. The molecule has 1 amide bonds. The van der Waals surface area contributed by atoms with Gasteiger partial charge in [0.25, 0.3) is 0 Å². The molecule has 2 atom stereocenters. The topological polar surface area (TPSA) is 20.3 Å². The van der Waals surface area contributed by atoms with E-state index in [2.05, 4.69) is 34.7 Å². The molecule has 1 fully saturated rings. The van der Waals surface area contributed by atoms with E-state index >= 15 is 0 Å². The first-order valence-corrected chi connectivity index (χ1v) is 8.55. The molecule has 0 unspecified atom stereocenters. The number of halogens is 1. The highest BCUT2D eigenvalue weighted by molar-refractivity contribution is 9.10. The van der Waals surface area contributed by atoms with Crippen LogP contribution in [0.2, 0.25) is 0 Å². The molecule has 4 heteroatoms. The standard InChI is InChI=1S/C15H20BrNOS/c1-11-4-3-5-12(2)17(11)15(18)10-19-14-8-6-13(16)7-9-14/h6-9,11-12H,3-5,10H2,1-2H3/t11-,12-/m1/s1. The highest BCUT2D eigenvalue weighted by Crippen LogP contribution is 2.25. The Morgan fingerprint density at radius 1 is 1.26 bits per heavy atom. The Morgan fingerprint density at radius 2 is 1.84 bits per heavy atom. The third kappa shape index (κ3) is 3.99. The van der Waals surface area contributed by atoms with E-state index in [0.29, 0.717) is 17.8 Å². The molecule has 0 radical (unpaired) electrons. The van der Waals surface area contributed by atoms with Crippen molar-refractivity contribution in [2.45, 2.75) is 50.1 Å². The fourth-order valence-electron chi connectivity index (χ4n) is 2.66. The molecule has 1 heterocycles. The van der Waals surface area contributed by atoms with Crippen LogP contribution in [0.1, 0.15) is 33.1 Å². The lowest BCUT2D eigenvalue weighted by Gasteiger charge is -2.39. The summed E-state index contributed by atoms with van der Waals surface area (Å²) < 4.78 is 1.07. The number of likely N-dealkylation sites (tertiary alicyclic amines) is 1. The minimum atomic E-state index is 0.271. The van der Waals surface area contributed by atoms with Gasteiger partial charge in [0.05, 0.1) is 5.75 Å². The van der Waals surface area contributed by atoms with Gasteiger partial charge < -0.3 is 4.90 Å². The number of carbonyl (C=O) groups excluding carboxylic acids is 1. The summed E-state index contributed by atoms with van der Waals surface area (Å²) in [7, 11) is 0. The number of benzene rings is 1. The molecule has 1 aliphatic rings. The average Bonchev–Trinajstić information content (AvgIpc) is 2.38. The summed E-state index contributed by atoms with van der Waals surface area (Å²) in [5.74, 6) is 0.809. The molecule has 104 valence electrons. The number of piperidine rings is 1. The summed E-state index contributed by atoms with van der Waals surface area (Å²) in [6.45, 7) is 4.33. The van der Waals surface area contributed by atoms with Gasteiger partial charge in [-0.25, -0.2) is 0 Å². The third-order valence-corrected chi connectivity index (χ3v) is 5.18. The van der Waals surface area contributed by atoms with Crippen molar-refractivity contribution in [3.63, 3.8) is 0 Å². The van der Waals surface area contributed by atoms with Crippen molar-refractivity contribution in [3.05, 3.63) is 28.7 Å². The van der Waals surface area contributed by atoms with Crippen LogP contribution in [0, 0.1) is 0 Å². The van der Waals surface area contributed by atoms with Crippen molar-refractivity contribution in [2.24, 2.45) is 0 Å². The molecule has 1 aromatic rings. The molecule has 0 aliphatic carbocycles. The molecule has 19 heavy (non-hydrogen) atoms. The van der Waals surface area contributed by atoms with Crippen molar-refractivity contribution in [1.29, 1.82) is 0 Å². The number of amides is 1. The zero-order valence-electron chi connectivity index (χ0n) is 11.4. The van der Waals surface area contributed by atoms with Crippen molar-refractivity contribution in [1.82, 2.24) is 4.90 Å². The first-order chi connectivity index (χ1) is 9.08. The summed E-state index contributed by atoms with van der Waals surface area (Å²) >= 11 is 5.04. The fourth-order valence-corrected chi connectivity index (χ4v) is 3.70.